The molecule has 0 atom stereocenters. The molecule has 0 N–H and O–H groups in total. The molecule has 0 saturated heterocycles. The Kier molecular flexibility index (Phi) is 3.67. The molecule has 2 rings (SSSR count). The highest BCUT2D eigenvalue weighted by molar-refractivity contribution is 9.10. The van der Waals surface area contributed by atoms with Crippen LogP contribution < -0.4 is 0 Å². The summed E-state index contributed by atoms with van der Waals surface area (Å²) in [6.07, 6.45) is 0. The molecule has 92 valence electrons. The van der Waals surface area contributed by atoms with E-state index in [1.165, 1.54) is 0 Å². The van der Waals surface area contributed by atoms with Crippen LogP contribution in [0.1, 0.15) is 32.6 Å². The highest BCUT2D eigenvalue weighted by atomic mass is 79.9. The monoisotopic (exact) mass is 302 g/mol. The molecule has 0 unspecified atom stereocenters. The summed E-state index contributed by atoms with van der Waals surface area (Å²) in [5.74, 6) is 0.0839. The van der Waals surface area contributed by atoms with Crippen molar-refractivity contribution in [3.8, 4) is 0 Å². The van der Waals surface area contributed by atoms with Gasteiger partial charge in [-0.05, 0) is 55.7 Å². The number of hydrogen-bond donors (Lipinski definition) is 0. The number of hydrogen-bond acceptors (Lipinski definition) is 1. The van der Waals surface area contributed by atoms with Crippen molar-refractivity contribution in [2.45, 2.75) is 20.8 Å². The molecular formula is C16H15BrO. The lowest BCUT2D eigenvalue weighted by molar-refractivity contribution is 0.103. The maximum absolute atomic E-state index is 12.5. The van der Waals surface area contributed by atoms with Crippen LogP contribution in [0.4, 0.5) is 0 Å². The molecule has 0 fully saturated rings. The molecule has 0 heterocycles. The van der Waals surface area contributed by atoms with Crippen molar-refractivity contribution in [3.63, 3.8) is 0 Å². The van der Waals surface area contributed by atoms with E-state index in [4.69, 9.17) is 0 Å². The van der Waals surface area contributed by atoms with Gasteiger partial charge in [0, 0.05) is 15.6 Å². The van der Waals surface area contributed by atoms with Gasteiger partial charge in [0.15, 0.2) is 5.78 Å². The van der Waals surface area contributed by atoms with Gasteiger partial charge in [0.05, 0.1) is 0 Å². The molecule has 0 saturated carbocycles. The molecule has 0 bridgehead atoms. The fourth-order valence-corrected chi connectivity index (χ4v) is 2.63. The van der Waals surface area contributed by atoms with Crippen LogP contribution in [-0.4, -0.2) is 5.78 Å². The summed E-state index contributed by atoms with van der Waals surface area (Å²) in [4.78, 5) is 12.5. The van der Waals surface area contributed by atoms with Gasteiger partial charge >= 0.3 is 0 Å². The number of carbonyl (C=O) groups excluding carboxylic acids is 1. The molecule has 0 aliphatic carbocycles. The summed E-state index contributed by atoms with van der Waals surface area (Å²) in [5, 5.41) is 0. The van der Waals surface area contributed by atoms with E-state index in [1.54, 1.807) is 0 Å². The number of carbonyl (C=O) groups is 1. The van der Waals surface area contributed by atoms with E-state index >= 15 is 0 Å². The molecule has 0 radical (unpaired) electrons. The van der Waals surface area contributed by atoms with Gasteiger partial charge in [0.25, 0.3) is 0 Å². The highest BCUT2D eigenvalue weighted by Crippen LogP contribution is 2.21. The smallest absolute Gasteiger partial charge is 0.193 e. The fraction of sp³-hybridized carbons (Fsp3) is 0.188. The van der Waals surface area contributed by atoms with Gasteiger partial charge in [-0.25, -0.2) is 0 Å². The Morgan fingerprint density at radius 2 is 1.78 bits per heavy atom. The van der Waals surface area contributed by atoms with E-state index in [9.17, 15) is 4.79 Å². The molecule has 2 heteroatoms. The zero-order chi connectivity index (χ0) is 13.3. The van der Waals surface area contributed by atoms with Crippen molar-refractivity contribution in [2.24, 2.45) is 0 Å². The van der Waals surface area contributed by atoms with Crippen molar-refractivity contribution < 1.29 is 4.79 Å². The third kappa shape index (κ3) is 2.54. The second-order valence-electron chi connectivity index (χ2n) is 4.59. The van der Waals surface area contributed by atoms with Gasteiger partial charge in [0.2, 0.25) is 0 Å². The molecule has 0 amide bonds. The number of rotatable bonds is 2. The van der Waals surface area contributed by atoms with Crippen molar-refractivity contribution in [1.29, 1.82) is 0 Å². The molecule has 2 aromatic rings. The molecule has 0 aliphatic rings. The molecule has 0 aliphatic heterocycles. The van der Waals surface area contributed by atoms with Gasteiger partial charge in [0.1, 0.15) is 0 Å². The summed E-state index contributed by atoms with van der Waals surface area (Å²) in [6, 6.07) is 11.6. The van der Waals surface area contributed by atoms with Crippen molar-refractivity contribution in [3.05, 3.63) is 68.7 Å². The van der Waals surface area contributed by atoms with Crippen LogP contribution in [0.3, 0.4) is 0 Å². The second-order valence-corrected chi connectivity index (χ2v) is 5.51. The largest absolute Gasteiger partial charge is 0.289 e. The van der Waals surface area contributed by atoms with E-state index in [1.807, 2.05) is 57.2 Å². The van der Waals surface area contributed by atoms with Crippen LogP contribution in [0.5, 0.6) is 0 Å². The van der Waals surface area contributed by atoms with Crippen LogP contribution in [0.2, 0.25) is 0 Å². The van der Waals surface area contributed by atoms with Gasteiger partial charge in [-0.2, -0.15) is 0 Å². The zero-order valence-corrected chi connectivity index (χ0v) is 12.3. The highest BCUT2D eigenvalue weighted by Gasteiger charge is 2.13. The summed E-state index contributed by atoms with van der Waals surface area (Å²) in [7, 11) is 0. The first kappa shape index (κ1) is 13.0. The van der Waals surface area contributed by atoms with E-state index in [2.05, 4.69) is 15.9 Å². The van der Waals surface area contributed by atoms with Crippen LogP contribution >= 0.6 is 15.9 Å². The lowest BCUT2D eigenvalue weighted by atomic mass is 9.95. The Hall–Kier alpha value is -1.41. The third-order valence-electron chi connectivity index (χ3n) is 3.15. The first-order valence-electron chi connectivity index (χ1n) is 5.87. The SMILES string of the molecule is Cc1cc(Br)cc(C(=O)c2cccc(C)c2C)c1. The van der Waals surface area contributed by atoms with E-state index in [-0.39, 0.29) is 5.78 Å². The number of halogens is 1. The topological polar surface area (TPSA) is 17.1 Å². The Morgan fingerprint density at radius 1 is 1.06 bits per heavy atom. The Balaban J connectivity index is 2.51. The quantitative estimate of drug-likeness (QED) is 0.741. The van der Waals surface area contributed by atoms with Crippen molar-refractivity contribution in [2.75, 3.05) is 0 Å². The van der Waals surface area contributed by atoms with E-state index in [0.29, 0.717) is 0 Å². The maximum Gasteiger partial charge on any atom is 0.193 e. The number of aryl methyl sites for hydroxylation is 2. The average molecular weight is 303 g/mol. The lowest BCUT2D eigenvalue weighted by Gasteiger charge is -2.08. The van der Waals surface area contributed by atoms with Crippen LogP contribution in [0.25, 0.3) is 0 Å². The minimum absolute atomic E-state index is 0.0839. The van der Waals surface area contributed by atoms with Crippen molar-refractivity contribution >= 4 is 21.7 Å². The normalized spacial score (nSPS) is 10.4. The summed E-state index contributed by atoms with van der Waals surface area (Å²) in [6.45, 7) is 6.01. The van der Waals surface area contributed by atoms with Gasteiger partial charge < -0.3 is 0 Å². The molecule has 0 aromatic heterocycles. The summed E-state index contributed by atoms with van der Waals surface area (Å²) in [5.41, 5.74) is 4.80. The standard InChI is InChI=1S/C16H15BrO/c1-10-7-13(9-14(17)8-10)16(18)15-6-4-5-11(2)12(15)3/h4-9H,1-3H3. The zero-order valence-electron chi connectivity index (χ0n) is 10.8. The fourth-order valence-electron chi connectivity index (χ4n) is 2.02. The Bertz CT molecular complexity index is 594. The predicted molar refractivity (Wildman–Crippen MR) is 78.2 cm³/mol. The molecular weight excluding hydrogens is 288 g/mol. The van der Waals surface area contributed by atoms with Crippen LogP contribution in [0.15, 0.2) is 40.9 Å². The van der Waals surface area contributed by atoms with E-state index in [0.717, 1.165) is 32.3 Å². The summed E-state index contributed by atoms with van der Waals surface area (Å²) >= 11 is 3.43. The van der Waals surface area contributed by atoms with Crippen LogP contribution in [0, 0.1) is 20.8 Å². The van der Waals surface area contributed by atoms with Gasteiger partial charge in [-0.3, -0.25) is 4.79 Å². The second kappa shape index (κ2) is 5.07. The van der Waals surface area contributed by atoms with Gasteiger partial charge in [-0.15, -0.1) is 0 Å². The van der Waals surface area contributed by atoms with Crippen molar-refractivity contribution in [1.82, 2.24) is 0 Å². The Labute approximate surface area is 116 Å². The molecule has 2 aromatic carbocycles. The Morgan fingerprint density at radius 3 is 2.44 bits per heavy atom. The van der Waals surface area contributed by atoms with Crippen LogP contribution in [-0.2, 0) is 0 Å². The minimum Gasteiger partial charge on any atom is -0.289 e. The first-order chi connectivity index (χ1) is 8.49. The number of ketones is 1. The first-order valence-corrected chi connectivity index (χ1v) is 6.66. The minimum atomic E-state index is 0.0839. The van der Waals surface area contributed by atoms with Gasteiger partial charge in [-0.1, -0.05) is 34.1 Å². The third-order valence-corrected chi connectivity index (χ3v) is 3.61. The average Bonchev–Trinajstić information content (AvgIpc) is 2.30. The molecule has 1 nitrogen and oxygen atoms in total. The molecule has 0 spiro atoms. The maximum atomic E-state index is 12.5. The summed E-state index contributed by atoms with van der Waals surface area (Å²) < 4.78 is 0.941. The lowest BCUT2D eigenvalue weighted by Crippen LogP contribution is -2.05. The van der Waals surface area contributed by atoms with E-state index < -0.39 is 0 Å². The predicted octanol–water partition coefficient (Wildman–Crippen LogP) is 4.61. The number of benzene rings is 2. The molecule has 18 heavy (non-hydrogen) atoms.